The fourth-order valence-corrected chi connectivity index (χ4v) is 3.75. The zero-order valence-electron chi connectivity index (χ0n) is 17.4. The van der Waals surface area contributed by atoms with Crippen LogP contribution >= 0.6 is 0 Å². The van der Waals surface area contributed by atoms with Gasteiger partial charge in [-0.2, -0.15) is 5.10 Å². The molecular weight excluding hydrogens is 380 g/mol. The molecule has 154 valence electrons. The Kier molecular flexibility index (Phi) is 5.03. The highest BCUT2D eigenvalue weighted by atomic mass is 16.5. The number of anilines is 2. The SMILES string of the molecule is COc1ccc(C)cc1NC(=O)CC1C(=O)Nc2c(-c3ccc(C)cc3)c(C)nn21. The second kappa shape index (κ2) is 7.67. The Balaban J connectivity index is 1.58. The van der Waals surface area contributed by atoms with Gasteiger partial charge in [-0.1, -0.05) is 35.9 Å². The lowest BCUT2D eigenvalue weighted by Gasteiger charge is -2.13. The zero-order chi connectivity index (χ0) is 21.4. The summed E-state index contributed by atoms with van der Waals surface area (Å²) >= 11 is 0. The number of rotatable bonds is 5. The lowest BCUT2D eigenvalue weighted by atomic mass is 10.0. The molecule has 0 saturated heterocycles. The van der Waals surface area contributed by atoms with E-state index < -0.39 is 6.04 Å². The van der Waals surface area contributed by atoms with E-state index in [-0.39, 0.29) is 18.2 Å². The number of nitrogens with zero attached hydrogens (tertiary/aromatic N) is 2. The van der Waals surface area contributed by atoms with Crippen LogP contribution in [0.3, 0.4) is 0 Å². The van der Waals surface area contributed by atoms with E-state index >= 15 is 0 Å². The molecule has 0 spiro atoms. The fourth-order valence-electron chi connectivity index (χ4n) is 3.75. The molecule has 1 atom stereocenters. The molecule has 1 aliphatic rings. The summed E-state index contributed by atoms with van der Waals surface area (Å²) in [5.74, 6) is 0.684. The fraction of sp³-hybridized carbons (Fsp3) is 0.261. The monoisotopic (exact) mass is 404 g/mol. The van der Waals surface area contributed by atoms with Crippen molar-refractivity contribution in [2.24, 2.45) is 0 Å². The molecule has 0 radical (unpaired) electrons. The average Bonchev–Trinajstić information content (AvgIpc) is 3.17. The highest BCUT2D eigenvalue weighted by molar-refractivity contribution is 6.04. The van der Waals surface area contributed by atoms with Gasteiger partial charge in [0.05, 0.1) is 24.9 Å². The molecule has 3 aromatic rings. The summed E-state index contributed by atoms with van der Waals surface area (Å²) in [5.41, 5.74) is 5.40. The summed E-state index contributed by atoms with van der Waals surface area (Å²) in [7, 11) is 1.55. The predicted molar refractivity (Wildman–Crippen MR) is 116 cm³/mol. The van der Waals surface area contributed by atoms with Crippen molar-refractivity contribution in [3.63, 3.8) is 0 Å². The van der Waals surface area contributed by atoms with Crippen LogP contribution in [0.2, 0.25) is 0 Å². The number of ether oxygens (including phenoxy) is 1. The number of methoxy groups -OCH3 is 1. The molecule has 7 nitrogen and oxygen atoms in total. The Morgan fingerprint density at radius 3 is 2.53 bits per heavy atom. The third kappa shape index (κ3) is 3.54. The summed E-state index contributed by atoms with van der Waals surface area (Å²) < 4.78 is 6.94. The molecule has 2 N–H and O–H groups in total. The van der Waals surface area contributed by atoms with E-state index in [4.69, 9.17) is 4.74 Å². The topological polar surface area (TPSA) is 85.2 Å². The molecule has 2 amide bonds. The molecule has 1 aliphatic heterocycles. The van der Waals surface area contributed by atoms with Gasteiger partial charge in [-0.25, -0.2) is 4.68 Å². The van der Waals surface area contributed by atoms with Crippen LogP contribution in [0.4, 0.5) is 11.5 Å². The number of carbonyl (C=O) groups is 2. The van der Waals surface area contributed by atoms with E-state index in [1.165, 1.54) is 0 Å². The maximum Gasteiger partial charge on any atom is 0.251 e. The van der Waals surface area contributed by atoms with Crippen LogP contribution in [-0.4, -0.2) is 28.7 Å². The minimum absolute atomic E-state index is 0.0234. The van der Waals surface area contributed by atoms with Gasteiger partial charge in [0.2, 0.25) is 5.91 Å². The van der Waals surface area contributed by atoms with Gasteiger partial charge in [0.25, 0.3) is 5.91 Å². The maximum absolute atomic E-state index is 12.7. The van der Waals surface area contributed by atoms with Crippen molar-refractivity contribution in [3.8, 4) is 16.9 Å². The van der Waals surface area contributed by atoms with Crippen molar-refractivity contribution in [2.45, 2.75) is 33.2 Å². The first-order valence-electron chi connectivity index (χ1n) is 9.79. The number of hydrogen-bond donors (Lipinski definition) is 2. The predicted octanol–water partition coefficient (Wildman–Crippen LogP) is 4.01. The first-order chi connectivity index (χ1) is 14.4. The van der Waals surface area contributed by atoms with Crippen LogP contribution in [0.5, 0.6) is 5.75 Å². The summed E-state index contributed by atoms with van der Waals surface area (Å²) in [4.78, 5) is 25.3. The standard InChI is InChI=1S/C23H24N4O3/c1-13-5-8-16(9-6-13)21-15(3)26-27-18(23(29)25-22(21)27)12-20(28)24-17-11-14(2)7-10-19(17)30-4/h5-11,18H,12H2,1-4H3,(H,24,28)(H,25,29). The first kappa shape index (κ1) is 19.7. The molecule has 1 unspecified atom stereocenters. The molecule has 2 heterocycles. The van der Waals surface area contributed by atoms with Crippen LogP contribution in [0.1, 0.15) is 29.3 Å². The van der Waals surface area contributed by atoms with Gasteiger partial charge in [0.15, 0.2) is 0 Å². The van der Waals surface area contributed by atoms with Gasteiger partial charge in [-0.3, -0.25) is 9.59 Å². The molecule has 7 heteroatoms. The van der Waals surface area contributed by atoms with E-state index in [9.17, 15) is 9.59 Å². The molecule has 0 aliphatic carbocycles. The van der Waals surface area contributed by atoms with Crippen molar-refractivity contribution in [3.05, 3.63) is 59.3 Å². The number of amides is 2. The Hall–Kier alpha value is -3.61. The van der Waals surface area contributed by atoms with Crippen molar-refractivity contribution in [1.29, 1.82) is 0 Å². The molecule has 4 rings (SSSR count). The second-order valence-electron chi connectivity index (χ2n) is 7.58. The van der Waals surface area contributed by atoms with Crippen molar-refractivity contribution in [1.82, 2.24) is 9.78 Å². The van der Waals surface area contributed by atoms with Gasteiger partial charge in [0, 0.05) is 5.56 Å². The average molecular weight is 404 g/mol. The van der Waals surface area contributed by atoms with E-state index in [1.54, 1.807) is 17.9 Å². The lowest BCUT2D eigenvalue weighted by Crippen LogP contribution is -2.24. The summed E-state index contributed by atoms with van der Waals surface area (Å²) in [6.45, 7) is 5.87. The third-order valence-corrected chi connectivity index (χ3v) is 5.27. The molecule has 0 bridgehead atoms. The largest absolute Gasteiger partial charge is 0.495 e. The molecular formula is C23H24N4O3. The second-order valence-corrected chi connectivity index (χ2v) is 7.58. The number of carbonyl (C=O) groups excluding carboxylic acids is 2. The van der Waals surface area contributed by atoms with Crippen LogP contribution < -0.4 is 15.4 Å². The quantitative estimate of drug-likeness (QED) is 0.673. The van der Waals surface area contributed by atoms with Gasteiger partial charge in [-0.05, 0) is 44.0 Å². The van der Waals surface area contributed by atoms with E-state index in [0.717, 1.165) is 27.9 Å². The number of nitrogens with one attached hydrogen (secondary N) is 2. The van der Waals surface area contributed by atoms with E-state index in [0.29, 0.717) is 17.3 Å². The zero-order valence-corrected chi connectivity index (χ0v) is 17.4. The number of fused-ring (bicyclic) bond motifs is 1. The number of aromatic nitrogens is 2. The Bertz CT molecular complexity index is 1130. The van der Waals surface area contributed by atoms with Gasteiger partial charge >= 0.3 is 0 Å². The van der Waals surface area contributed by atoms with Gasteiger partial charge < -0.3 is 15.4 Å². The molecule has 1 aromatic heterocycles. The normalized spacial score (nSPS) is 14.9. The Morgan fingerprint density at radius 2 is 1.83 bits per heavy atom. The highest BCUT2D eigenvalue weighted by Crippen LogP contribution is 2.38. The molecule has 30 heavy (non-hydrogen) atoms. The van der Waals surface area contributed by atoms with Crippen LogP contribution in [-0.2, 0) is 9.59 Å². The minimum Gasteiger partial charge on any atom is -0.495 e. The number of aryl methyl sites for hydroxylation is 3. The summed E-state index contributed by atoms with van der Waals surface area (Å²) in [5, 5.41) is 10.3. The van der Waals surface area contributed by atoms with Crippen LogP contribution in [0.25, 0.3) is 11.1 Å². The van der Waals surface area contributed by atoms with E-state index in [1.807, 2.05) is 57.2 Å². The Morgan fingerprint density at radius 1 is 1.13 bits per heavy atom. The number of benzene rings is 2. The molecule has 0 saturated carbocycles. The maximum atomic E-state index is 12.7. The van der Waals surface area contributed by atoms with Gasteiger partial charge in [-0.15, -0.1) is 0 Å². The smallest absolute Gasteiger partial charge is 0.251 e. The van der Waals surface area contributed by atoms with Crippen molar-refractivity contribution in [2.75, 3.05) is 17.7 Å². The third-order valence-electron chi connectivity index (χ3n) is 5.27. The van der Waals surface area contributed by atoms with E-state index in [2.05, 4.69) is 15.7 Å². The highest BCUT2D eigenvalue weighted by Gasteiger charge is 2.36. The summed E-state index contributed by atoms with van der Waals surface area (Å²) in [6, 6.07) is 12.9. The molecule has 2 aromatic carbocycles. The van der Waals surface area contributed by atoms with Gasteiger partial charge in [0.1, 0.15) is 17.6 Å². The molecule has 0 fully saturated rings. The van der Waals surface area contributed by atoms with Crippen molar-refractivity contribution >= 4 is 23.3 Å². The Labute approximate surface area is 175 Å². The summed E-state index contributed by atoms with van der Waals surface area (Å²) in [6.07, 6.45) is -0.0234. The van der Waals surface area contributed by atoms with Crippen LogP contribution in [0, 0.1) is 20.8 Å². The number of hydrogen-bond acceptors (Lipinski definition) is 4. The first-order valence-corrected chi connectivity index (χ1v) is 9.79. The van der Waals surface area contributed by atoms with Crippen LogP contribution in [0.15, 0.2) is 42.5 Å². The lowest BCUT2D eigenvalue weighted by molar-refractivity contribution is -0.123. The minimum atomic E-state index is -0.700. The van der Waals surface area contributed by atoms with Crippen molar-refractivity contribution < 1.29 is 14.3 Å².